The molecular formula is C36H58O10. The van der Waals surface area contributed by atoms with Crippen LogP contribution in [0.25, 0.3) is 0 Å². The summed E-state index contributed by atoms with van der Waals surface area (Å²) >= 11 is 0. The van der Waals surface area contributed by atoms with Crippen molar-refractivity contribution in [3.8, 4) is 0 Å². The lowest BCUT2D eigenvalue weighted by molar-refractivity contribution is -0.299. The van der Waals surface area contributed by atoms with Crippen LogP contribution < -0.4 is 0 Å². The fraction of sp³-hybridized carbons (Fsp3) is 0.917. The van der Waals surface area contributed by atoms with Crippen LogP contribution >= 0.6 is 0 Å². The van der Waals surface area contributed by atoms with Crippen LogP contribution in [-0.4, -0.2) is 96.8 Å². The molecule has 46 heavy (non-hydrogen) atoms. The number of esters is 1. The lowest BCUT2D eigenvalue weighted by Crippen LogP contribution is -2.69. The number of carbonyl (C=O) groups excluding carboxylic acids is 1. The first-order chi connectivity index (χ1) is 21.2. The van der Waals surface area contributed by atoms with Crippen LogP contribution in [0.15, 0.2) is 11.6 Å². The third-order valence-corrected chi connectivity index (χ3v) is 15.5. The lowest BCUT2D eigenvalue weighted by atomic mass is 9.33. The van der Waals surface area contributed by atoms with Gasteiger partial charge in [0.1, 0.15) is 24.4 Å². The summed E-state index contributed by atoms with van der Waals surface area (Å²) in [7, 11) is 0. The van der Waals surface area contributed by atoms with Crippen LogP contribution in [0.4, 0.5) is 0 Å². The Morgan fingerprint density at radius 1 is 0.913 bits per heavy atom. The Labute approximate surface area is 273 Å². The predicted octanol–water partition coefficient (Wildman–Crippen LogP) is 2.43. The summed E-state index contributed by atoms with van der Waals surface area (Å²) in [6.45, 7) is 14.4. The summed E-state index contributed by atoms with van der Waals surface area (Å²) in [4.78, 5) is 14.5. The summed E-state index contributed by atoms with van der Waals surface area (Å²) in [6.07, 6.45) is -1.65. The van der Waals surface area contributed by atoms with Gasteiger partial charge in [-0.15, -0.1) is 0 Å². The van der Waals surface area contributed by atoms with Gasteiger partial charge in [0.15, 0.2) is 0 Å². The van der Waals surface area contributed by atoms with Gasteiger partial charge in [-0.2, -0.15) is 0 Å². The van der Waals surface area contributed by atoms with E-state index in [1.807, 2.05) is 13.8 Å². The highest BCUT2D eigenvalue weighted by atomic mass is 16.7. The zero-order valence-electron chi connectivity index (χ0n) is 28.6. The molecule has 0 aromatic rings. The zero-order chi connectivity index (χ0) is 34.0. The average molecular weight is 651 g/mol. The largest absolute Gasteiger partial charge is 0.432 e. The minimum absolute atomic E-state index is 0.0940. The van der Waals surface area contributed by atoms with Gasteiger partial charge in [0.05, 0.1) is 29.8 Å². The lowest BCUT2D eigenvalue weighted by Gasteiger charge is -2.72. The van der Waals surface area contributed by atoms with Gasteiger partial charge in [0.2, 0.25) is 6.29 Å². The van der Waals surface area contributed by atoms with E-state index >= 15 is 0 Å². The van der Waals surface area contributed by atoms with E-state index in [0.717, 1.165) is 24.8 Å². The predicted molar refractivity (Wildman–Crippen MR) is 168 cm³/mol. The molecule has 0 aromatic heterocycles. The molecule has 10 heteroatoms. The maximum absolute atomic E-state index is 14.5. The van der Waals surface area contributed by atoms with Crippen LogP contribution in [0.5, 0.6) is 0 Å². The monoisotopic (exact) mass is 650 g/mol. The van der Waals surface area contributed by atoms with Crippen molar-refractivity contribution in [1.82, 2.24) is 0 Å². The molecule has 1 aliphatic heterocycles. The minimum Gasteiger partial charge on any atom is -0.432 e. The van der Waals surface area contributed by atoms with E-state index in [1.165, 1.54) is 0 Å². The fourth-order valence-corrected chi connectivity index (χ4v) is 12.4. The van der Waals surface area contributed by atoms with Crippen LogP contribution in [0.3, 0.4) is 0 Å². The molecule has 7 N–H and O–H groups in total. The summed E-state index contributed by atoms with van der Waals surface area (Å²) in [5, 5.41) is 75.6. The highest BCUT2D eigenvalue weighted by Gasteiger charge is 2.72. The van der Waals surface area contributed by atoms with Crippen molar-refractivity contribution in [2.75, 3.05) is 6.61 Å². The maximum Gasteiger partial charge on any atom is 0.315 e. The number of fused-ring (bicyclic) bond motifs is 7. The highest BCUT2D eigenvalue weighted by molar-refractivity contribution is 5.79. The van der Waals surface area contributed by atoms with Crippen molar-refractivity contribution in [3.63, 3.8) is 0 Å². The number of rotatable bonds is 3. The molecule has 0 bridgehead atoms. The molecule has 4 saturated carbocycles. The number of hydrogen-bond donors (Lipinski definition) is 7. The van der Waals surface area contributed by atoms with E-state index in [2.05, 4.69) is 40.7 Å². The average Bonchev–Trinajstić information content (AvgIpc) is 2.98. The summed E-state index contributed by atoms with van der Waals surface area (Å²) in [6, 6.07) is 0. The molecule has 262 valence electrons. The number of aliphatic hydroxyl groups excluding tert-OH is 6. The van der Waals surface area contributed by atoms with Crippen molar-refractivity contribution in [1.29, 1.82) is 0 Å². The Kier molecular flexibility index (Phi) is 8.27. The molecule has 5 fully saturated rings. The second kappa shape index (κ2) is 10.9. The molecule has 1 saturated heterocycles. The molecule has 10 nitrogen and oxygen atoms in total. The minimum atomic E-state index is -1.70. The molecule has 6 aliphatic rings. The molecule has 16 atom stereocenters. The first-order valence-electron chi connectivity index (χ1n) is 17.5. The van der Waals surface area contributed by atoms with Crippen LogP contribution in [0.2, 0.25) is 0 Å². The summed E-state index contributed by atoms with van der Waals surface area (Å²) in [5.74, 6) is -0.787. The van der Waals surface area contributed by atoms with Gasteiger partial charge >= 0.3 is 5.97 Å². The number of hydrogen-bond acceptors (Lipinski definition) is 10. The molecule has 3 unspecified atom stereocenters. The van der Waals surface area contributed by atoms with Gasteiger partial charge in [-0.3, -0.25) is 4.79 Å². The molecule has 1 heterocycles. The van der Waals surface area contributed by atoms with Crippen molar-refractivity contribution in [2.24, 2.45) is 50.7 Å². The van der Waals surface area contributed by atoms with Gasteiger partial charge in [-0.1, -0.05) is 53.2 Å². The number of aliphatic hydroxyl groups is 7. The summed E-state index contributed by atoms with van der Waals surface area (Å²) < 4.78 is 11.5. The van der Waals surface area contributed by atoms with E-state index < -0.39 is 77.8 Å². The fourth-order valence-electron chi connectivity index (χ4n) is 12.4. The Bertz CT molecular complexity index is 1250. The Balaban J connectivity index is 1.39. The van der Waals surface area contributed by atoms with Gasteiger partial charge in [0.25, 0.3) is 0 Å². The van der Waals surface area contributed by atoms with E-state index in [1.54, 1.807) is 0 Å². The van der Waals surface area contributed by atoms with Gasteiger partial charge in [-0.05, 0) is 97.7 Å². The summed E-state index contributed by atoms with van der Waals surface area (Å²) in [5.41, 5.74) is -2.44. The Hall–Kier alpha value is -1.11. The first-order valence-corrected chi connectivity index (χ1v) is 17.5. The quantitative estimate of drug-likeness (QED) is 0.177. The number of ether oxygens (including phenoxy) is 2. The number of allylic oxidation sites excluding steroid dienone is 1. The Morgan fingerprint density at radius 2 is 1.59 bits per heavy atom. The molecular weight excluding hydrogens is 592 g/mol. The van der Waals surface area contributed by atoms with E-state index in [9.17, 15) is 40.5 Å². The number of carbonyl (C=O) groups is 1. The van der Waals surface area contributed by atoms with Gasteiger partial charge in [-0.25, -0.2) is 0 Å². The van der Waals surface area contributed by atoms with Crippen LogP contribution in [0.1, 0.15) is 99.8 Å². The zero-order valence-corrected chi connectivity index (χ0v) is 28.6. The highest BCUT2D eigenvalue weighted by Crippen LogP contribution is 2.76. The van der Waals surface area contributed by atoms with Crippen LogP contribution in [0, 0.1) is 50.7 Å². The third kappa shape index (κ3) is 4.39. The first kappa shape index (κ1) is 34.7. The van der Waals surface area contributed by atoms with Crippen molar-refractivity contribution >= 4 is 5.97 Å². The second-order valence-corrected chi connectivity index (χ2v) is 17.7. The molecule has 6 rings (SSSR count). The van der Waals surface area contributed by atoms with Crippen LogP contribution in [-0.2, 0) is 14.3 Å². The van der Waals surface area contributed by atoms with Gasteiger partial charge < -0.3 is 45.2 Å². The molecule has 0 radical (unpaired) electrons. The molecule has 0 amide bonds. The Morgan fingerprint density at radius 3 is 2.24 bits per heavy atom. The SMILES string of the molecule is C[C@H]1CC[C@@]2(C(=O)O[C@H]3O[C@@H](CO)[C@H](O)[C@@H](O)[C@@H]3O)CC[C@@]3(C)C(=CCC4[C@]5(C)C[C@H](O)[C@@H](O)C(C)(C)C5CC[C@@]43C)C2[C@@]1(C)O. The van der Waals surface area contributed by atoms with Crippen molar-refractivity contribution < 1.29 is 50.0 Å². The normalized spacial score (nSPS) is 56.4. The van der Waals surface area contributed by atoms with Crippen molar-refractivity contribution in [2.45, 2.75) is 148 Å². The standard InChI is InChI=1S/C36H58O10/c1-18-10-13-36(30(43)46-29-26(41)25(40)24(39)21(17-37)45-29)15-14-33(5)19(27(36)35(18,7)44)8-9-23-32(4)16-20(38)28(42)31(2,3)22(32)11-12-34(23,33)6/h8,18,20-29,37-42,44H,9-17H2,1-7H3/t18-,20-,21-,22?,23?,24-,25+,26-,27?,28+,29+,32+,33-,34-,35-,36+/m0/s1. The molecule has 5 aliphatic carbocycles. The van der Waals surface area contributed by atoms with E-state index in [0.29, 0.717) is 32.1 Å². The third-order valence-electron chi connectivity index (χ3n) is 15.5. The second-order valence-electron chi connectivity index (χ2n) is 17.7. The van der Waals surface area contributed by atoms with E-state index in [4.69, 9.17) is 9.47 Å². The van der Waals surface area contributed by atoms with E-state index in [-0.39, 0.29) is 34.0 Å². The molecule has 0 spiro atoms. The van der Waals surface area contributed by atoms with Crippen molar-refractivity contribution in [3.05, 3.63) is 11.6 Å². The smallest absolute Gasteiger partial charge is 0.315 e. The topological polar surface area (TPSA) is 177 Å². The molecule has 0 aromatic carbocycles. The maximum atomic E-state index is 14.5. The van der Waals surface area contributed by atoms with Gasteiger partial charge in [0, 0.05) is 5.92 Å².